The van der Waals surface area contributed by atoms with Crippen LogP contribution in [-0.4, -0.2) is 20.7 Å². The summed E-state index contributed by atoms with van der Waals surface area (Å²) in [6.45, 7) is 1.81. The normalized spacial score (nSPS) is 11.6. The van der Waals surface area contributed by atoms with E-state index in [0.717, 1.165) is 0 Å². The van der Waals surface area contributed by atoms with Crippen LogP contribution in [-0.2, 0) is 16.6 Å². The Morgan fingerprint density at radius 3 is 2.70 bits per heavy atom. The van der Waals surface area contributed by atoms with Gasteiger partial charge in [-0.2, -0.15) is 0 Å². The van der Waals surface area contributed by atoms with Crippen molar-refractivity contribution in [3.63, 3.8) is 0 Å². The molecule has 0 saturated heterocycles. The number of ether oxygens (including phenoxy) is 1. The molecule has 1 aromatic heterocycles. The van der Waals surface area contributed by atoms with Crippen LogP contribution >= 0.6 is 15.9 Å². The molecule has 2 rings (SSSR count). The summed E-state index contributed by atoms with van der Waals surface area (Å²) in [7, 11) is -2.11. The molecule has 0 aliphatic rings. The van der Waals surface area contributed by atoms with Crippen molar-refractivity contribution in [2.24, 2.45) is 0 Å². The lowest BCUT2D eigenvalue weighted by Crippen LogP contribution is -2.23. The van der Waals surface area contributed by atoms with E-state index in [1.807, 2.05) is 0 Å². The first kappa shape index (κ1) is 15.0. The van der Waals surface area contributed by atoms with Gasteiger partial charge >= 0.3 is 0 Å². The van der Waals surface area contributed by atoms with E-state index in [9.17, 15) is 8.42 Å². The molecule has 8 heteroatoms. The summed E-state index contributed by atoms with van der Waals surface area (Å²) in [5, 5.41) is 3.69. The maximum atomic E-state index is 12.1. The molecular formula is C12H13BrN2O4S. The third-order valence-corrected chi connectivity index (χ3v) is 4.57. The topological polar surface area (TPSA) is 81.4 Å². The molecule has 1 heterocycles. The Labute approximate surface area is 125 Å². The van der Waals surface area contributed by atoms with E-state index in [0.29, 0.717) is 21.7 Å². The lowest BCUT2D eigenvalue weighted by Gasteiger charge is -2.08. The number of methoxy groups -OCH3 is 1. The van der Waals surface area contributed by atoms with E-state index >= 15 is 0 Å². The first-order valence-electron chi connectivity index (χ1n) is 5.68. The lowest BCUT2D eigenvalue weighted by atomic mass is 10.3. The second kappa shape index (κ2) is 5.94. The molecule has 0 fully saturated rings. The summed E-state index contributed by atoms with van der Waals surface area (Å²) in [5.41, 5.74) is 0.700. The van der Waals surface area contributed by atoms with Crippen molar-refractivity contribution in [3.8, 4) is 5.75 Å². The van der Waals surface area contributed by atoms with Gasteiger partial charge in [-0.15, -0.1) is 0 Å². The molecule has 0 spiro atoms. The van der Waals surface area contributed by atoms with Crippen LogP contribution in [0.15, 0.2) is 38.2 Å². The Hall–Kier alpha value is -1.38. The zero-order valence-corrected chi connectivity index (χ0v) is 13.3. The van der Waals surface area contributed by atoms with Crippen molar-refractivity contribution in [1.82, 2.24) is 9.88 Å². The zero-order valence-electron chi connectivity index (χ0n) is 10.9. The van der Waals surface area contributed by atoms with Gasteiger partial charge in [0.1, 0.15) is 5.75 Å². The predicted molar refractivity (Wildman–Crippen MR) is 76.0 cm³/mol. The van der Waals surface area contributed by atoms with E-state index < -0.39 is 10.0 Å². The second-order valence-corrected chi connectivity index (χ2v) is 6.68. The van der Waals surface area contributed by atoms with Crippen molar-refractivity contribution in [2.75, 3.05) is 7.11 Å². The highest BCUT2D eigenvalue weighted by molar-refractivity contribution is 9.10. The number of benzene rings is 1. The summed E-state index contributed by atoms with van der Waals surface area (Å²) in [5.74, 6) is 1.02. The highest BCUT2D eigenvalue weighted by atomic mass is 79.9. The van der Waals surface area contributed by atoms with Gasteiger partial charge in [-0.25, -0.2) is 13.1 Å². The molecule has 0 radical (unpaired) electrons. The highest BCUT2D eigenvalue weighted by Gasteiger charge is 2.16. The predicted octanol–water partition coefficient (Wildman–Crippen LogP) is 2.23. The van der Waals surface area contributed by atoms with Crippen LogP contribution in [0, 0.1) is 6.92 Å². The number of sulfonamides is 1. The van der Waals surface area contributed by atoms with E-state index in [1.165, 1.54) is 19.2 Å². The third kappa shape index (κ3) is 3.38. The van der Waals surface area contributed by atoms with Gasteiger partial charge in [0.2, 0.25) is 10.0 Å². The fraction of sp³-hybridized carbons (Fsp3) is 0.250. The molecular weight excluding hydrogens is 348 g/mol. The molecule has 1 aromatic carbocycles. The molecule has 2 aromatic rings. The van der Waals surface area contributed by atoms with E-state index in [2.05, 4.69) is 25.8 Å². The number of hydrogen-bond acceptors (Lipinski definition) is 5. The van der Waals surface area contributed by atoms with Crippen LogP contribution in [0.4, 0.5) is 0 Å². The molecule has 0 aliphatic heterocycles. The number of aromatic nitrogens is 1. The van der Waals surface area contributed by atoms with Gasteiger partial charge in [0.05, 0.1) is 28.7 Å². The van der Waals surface area contributed by atoms with Gasteiger partial charge in [0.25, 0.3) is 0 Å². The van der Waals surface area contributed by atoms with Crippen LogP contribution < -0.4 is 9.46 Å². The zero-order chi connectivity index (χ0) is 14.8. The lowest BCUT2D eigenvalue weighted by molar-refractivity contribution is 0.377. The number of hydrogen-bond donors (Lipinski definition) is 1. The fourth-order valence-corrected chi connectivity index (χ4v) is 3.27. The molecule has 20 heavy (non-hydrogen) atoms. The minimum Gasteiger partial charge on any atom is -0.496 e. The maximum absolute atomic E-state index is 12.1. The first-order valence-corrected chi connectivity index (χ1v) is 7.95. The second-order valence-electron chi connectivity index (χ2n) is 4.06. The Morgan fingerprint density at radius 1 is 1.40 bits per heavy atom. The van der Waals surface area contributed by atoms with Gasteiger partial charge in [-0.1, -0.05) is 5.16 Å². The van der Waals surface area contributed by atoms with Crippen LogP contribution in [0.5, 0.6) is 5.75 Å². The van der Waals surface area contributed by atoms with Crippen molar-refractivity contribution in [3.05, 3.63) is 40.2 Å². The van der Waals surface area contributed by atoms with Gasteiger partial charge < -0.3 is 9.26 Å². The number of aryl methyl sites for hydroxylation is 1. The molecule has 6 nitrogen and oxygen atoms in total. The Morgan fingerprint density at radius 2 is 2.15 bits per heavy atom. The minimum absolute atomic E-state index is 0.0484. The van der Waals surface area contributed by atoms with Gasteiger partial charge in [0, 0.05) is 6.07 Å². The van der Waals surface area contributed by atoms with Crippen LogP contribution in [0.2, 0.25) is 0 Å². The Balaban J connectivity index is 2.15. The van der Waals surface area contributed by atoms with Crippen molar-refractivity contribution in [1.29, 1.82) is 0 Å². The maximum Gasteiger partial charge on any atom is 0.241 e. The number of halogens is 1. The molecule has 108 valence electrons. The van der Waals surface area contributed by atoms with Gasteiger partial charge in [-0.05, 0) is 41.1 Å². The van der Waals surface area contributed by atoms with Crippen LogP contribution in [0.25, 0.3) is 0 Å². The molecule has 0 amide bonds. The number of nitrogens with zero attached hydrogens (tertiary/aromatic N) is 1. The number of nitrogens with one attached hydrogen (secondary N) is 1. The van der Waals surface area contributed by atoms with Gasteiger partial charge in [-0.3, -0.25) is 0 Å². The highest BCUT2D eigenvalue weighted by Crippen LogP contribution is 2.27. The summed E-state index contributed by atoms with van der Waals surface area (Å²) >= 11 is 3.25. The largest absolute Gasteiger partial charge is 0.496 e. The quantitative estimate of drug-likeness (QED) is 0.883. The van der Waals surface area contributed by atoms with Crippen molar-refractivity contribution < 1.29 is 17.7 Å². The molecule has 0 aliphatic carbocycles. The molecule has 0 bridgehead atoms. The smallest absolute Gasteiger partial charge is 0.241 e. The summed E-state index contributed by atoms with van der Waals surface area (Å²) in [6.07, 6.45) is 0. The van der Waals surface area contributed by atoms with Crippen LogP contribution in [0.1, 0.15) is 11.5 Å². The molecule has 1 N–H and O–H groups in total. The molecule has 0 atom stereocenters. The monoisotopic (exact) mass is 360 g/mol. The third-order valence-electron chi connectivity index (χ3n) is 2.55. The standard InChI is InChI=1S/C12H13BrN2O4S/c1-8-5-9(19-15-8)7-14-20(16,17)10-3-4-12(18-2)11(13)6-10/h3-6,14H,7H2,1-2H3. The SMILES string of the molecule is COc1ccc(S(=O)(=O)NCc2cc(C)no2)cc1Br. The average Bonchev–Trinajstić information content (AvgIpc) is 2.82. The van der Waals surface area contributed by atoms with Gasteiger partial charge in [0.15, 0.2) is 5.76 Å². The Kier molecular flexibility index (Phi) is 4.46. The number of rotatable bonds is 5. The average molecular weight is 361 g/mol. The van der Waals surface area contributed by atoms with E-state index in [4.69, 9.17) is 9.26 Å². The van der Waals surface area contributed by atoms with Crippen molar-refractivity contribution >= 4 is 26.0 Å². The summed E-state index contributed by atoms with van der Waals surface area (Å²) in [6, 6.07) is 6.20. The Bertz CT molecular complexity index is 712. The van der Waals surface area contributed by atoms with E-state index in [1.54, 1.807) is 19.1 Å². The van der Waals surface area contributed by atoms with Crippen molar-refractivity contribution in [2.45, 2.75) is 18.4 Å². The molecule has 0 unspecified atom stereocenters. The van der Waals surface area contributed by atoms with E-state index in [-0.39, 0.29) is 11.4 Å². The fourth-order valence-electron chi connectivity index (χ4n) is 1.56. The van der Waals surface area contributed by atoms with Crippen LogP contribution in [0.3, 0.4) is 0 Å². The summed E-state index contributed by atoms with van der Waals surface area (Å²) in [4.78, 5) is 0.140. The summed E-state index contributed by atoms with van der Waals surface area (Å²) < 4.78 is 37.3. The minimum atomic E-state index is -3.62. The molecule has 0 saturated carbocycles. The first-order chi connectivity index (χ1) is 9.42.